The Morgan fingerprint density at radius 1 is 1.33 bits per heavy atom. The average molecular weight is 166 g/mol. The highest BCUT2D eigenvalue weighted by Crippen LogP contribution is 2.24. The predicted octanol–water partition coefficient (Wildman–Crippen LogP) is 0.740. The number of hydrogen-bond acceptors (Lipinski definition) is 4. The van der Waals surface area contributed by atoms with Gasteiger partial charge in [-0.1, -0.05) is 6.07 Å². The minimum atomic E-state index is -0.204. The third kappa shape index (κ3) is 1.42. The highest BCUT2D eigenvalue weighted by atomic mass is 16.5. The third-order valence-electron chi connectivity index (χ3n) is 1.34. The van der Waals surface area contributed by atoms with E-state index in [4.69, 9.17) is 5.11 Å². The van der Waals surface area contributed by atoms with E-state index < -0.39 is 0 Å². The molecule has 0 aliphatic carbocycles. The Morgan fingerprint density at radius 3 is 2.67 bits per heavy atom. The van der Waals surface area contributed by atoms with Gasteiger partial charge >= 0.3 is 0 Å². The molecule has 4 heteroatoms. The van der Waals surface area contributed by atoms with Crippen molar-refractivity contribution in [3.8, 4) is 11.5 Å². The van der Waals surface area contributed by atoms with Crippen LogP contribution in [0.2, 0.25) is 0 Å². The Labute approximate surface area is 68.4 Å². The van der Waals surface area contributed by atoms with E-state index in [0.29, 0.717) is 6.29 Å². The Balaban J connectivity index is 3.17. The van der Waals surface area contributed by atoms with Crippen molar-refractivity contribution in [2.75, 3.05) is 0 Å². The number of rotatable bonds is 3. The topological polar surface area (TPSA) is 63.6 Å². The summed E-state index contributed by atoms with van der Waals surface area (Å²) in [4.78, 5) is 20.3. The molecular formula is C8H6O4. The molecule has 0 amide bonds. The largest absolute Gasteiger partial charge is 0.507 e. The highest BCUT2D eigenvalue weighted by Gasteiger charge is 2.06. The first-order chi connectivity index (χ1) is 5.79. The van der Waals surface area contributed by atoms with Gasteiger partial charge in [0.25, 0.3) is 6.47 Å². The van der Waals surface area contributed by atoms with E-state index in [0.717, 1.165) is 0 Å². The fraction of sp³-hybridized carbons (Fsp3) is 0. The molecule has 1 rings (SSSR count). The van der Waals surface area contributed by atoms with E-state index in [2.05, 4.69) is 4.74 Å². The van der Waals surface area contributed by atoms with Crippen molar-refractivity contribution in [3.63, 3.8) is 0 Å². The maximum Gasteiger partial charge on any atom is 0.298 e. The molecule has 0 radical (unpaired) electrons. The summed E-state index contributed by atoms with van der Waals surface area (Å²) in [6.45, 7) is 0.196. The van der Waals surface area contributed by atoms with Gasteiger partial charge in [0, 0.05) is 0 Å². The quantitative estimate of drug-likeness (QED) is 0.672. The molecular weight excluding hydrogens is 160 g/mol. The number of aromatic hydroxyl groups is 1. The molecule has 0 fully saturated rings. The first-order valence-electron chi connectivity index (χ1n) is 3.17. The highest BCUT2D eigenvalue weighted by molar-refractivity contribution is 5.84. The number of aldehydes is 1. The Morgan fingerprint density at radius 2 is 2.08 bits per heavy atom. The normalized spacial score (nSPS) is 9.00. The van der Waals surface area contributed by atoms with Gasteiger partial charge < -0.3 is 9.84 Å². The molecule has 0 aromatic heterocycles. The lowest BCUT2D eigenvalue weighted by atomic mass is 10.2. The van der Waals surface area contributed by atoms with Crippen LogP contribution < -0.4 is 4.74 Å². The van der Waals surface area contributed by atoms with E-state index in [1.165, 1.54) is 18.2 Å². The summed E-state index contributed by atoms with van der Waals surface area (Å²) < 4.78 is 4.44. The molecule has 1 aromatic rings. The summed E-state index contributed by atoms with van der Waals surface area (Å²) in [7, 11) is 0. The minimum Gasteiger partial charge on any atom is -0.507 e. The smallest absolute Gasteiger partial charge is 0.298 e. The fourth-order valence-corrected chi connectivity index (χ4v) is 0.805. The van der Waals surface area contributed by atoms with Crippen molar-refractivity contribution >= 4 is 12.8 Å². The monoisotopic (exact) mass is 166 g/mol. The first kappa shape index (κ1) is 8.26. The Bertz CT molecular complexity index is 306. The van der Waals surface area contributed by atoms with Crippen LogP contribution in [0.4, 0.5) is 0 Å². The van der Waals surface area contributed by atoms with Crippen molar-refractivity contribution in [1.29, 1.82) is 0 Å². The number of carbonyl (C=O) groups is 2. The number of ether oxygens (including phenoxy) is 1. The second-order valence-corrected chi connectivity index (χ2v) is 2.02. The number of phenols is 1. The van der Waals surface area contributed by atoms with E-state index >= 15 is 0 Å². The minimum absolute atomic E-state index is 0.0235. The Hall–Kier alpha value is -1.84. The SMILES string of the molecule is O=COc1cccc(O)c1C=O. The van der Waals surface area contributed by atoms with Crippen LogP contribution in [0.3, 0.4) is 0 Å². The van der Waals surface area contributed by atoms with Crippen LogP contribution in [0.15, 0.2) is 18.2 Å². The van der Waals surface area contributed by atoms with Gasteiger partial charge in [0.1, 0.15) is 11.5 Å². The lowest BCUT2D eigenvalue weighted by Gasteiger charge is -2.01. The summed E-state index contributed by atoms with van der Waals surface area (Å²) >= 11 is 0. The van der Waals surface area contributed by atoms with Gasteiger partial charge in [-0.25, -0.2) is 0 Å². The van der Waals surface area contributed by atoms with Gasteiger partial charge in [0.2, 0.25) is 0 Å². The molecule has 0 unspecified atom stereocenters. The van der Waals surface area contributed by atoms with Crippen molar-refractivity contribution in [1.82, 2.24) is 0 Å². The summed E-state index contributed by atoms with van der Waals surface area (Å²) in [5.41, 5.74) is -0.0235. The zero-order valence-corrected chi connectivity index (χ0v) is 6.06. The van der Waals surface area contributed by atoms with Crippen molar-refractivity contribution in [2.45, 2.75) is 0 Å². The molecule has 0 bridgehead atoms. The van der Waals surface area contributed by atoms with Gasteiger partial charge in [-0.2, -0.15) is 0 Å². The number of carbonyl (C=O) groups excluding carboxylic acids is 2. The molecule has 4 nitrogen and oxygen atoms in total. The van der Waals surface area contributed by atoms with Crippen molar-refractivity contribution < 1.29 is 19.4 Å². The van der Waals surface area contributed by atoms with Crippen LogP contribution in [-0.2, 0) is 4.79 Å². The van der Waals surface area contributed by atoms with Crippen LogP contribution in [-0.4, -0.2) is 17.9 Å². The standard InChI is InChI=1S/C8H6O4/c9-4-6-7(11)2-1-3-8(6)12-5-10/h1-5,11H. The number of hydrogen-bond donors (Lipinski definition) is 1. The van der Waals surface area contributed by atoms with Gasteiger partial charge in [-0.3, -0.25) is 9.59 Å². The molecule has 0 aliphatic rings. The van der Waals surface area contributed by atoms with E-state index in [1.807, 2.05) is 0 Å². The molecule has 0 aliphatic heterocycles. The zero-order valence-electron chi connectivity index (χ0n) is 6.06. The fourth-order valence-electron chi connectivity index (χ4n) is 0.805. The predicted molar refractivity (Wildman–Crippen MR) is 40.2 cm³/mol. The lowest BCUT2D eigenvalue weighted by Crippen LogP contribution is -1.93. The molecule has 0 saturated heterocycles. The van der Waals surface area contributed by atoms with Crippen LogP contribution >= 0.6 is 0 Å². The Kier molecular flexibility index (Phi) is 2.42. The van der Waals surface area contributed by atoms with Gasteiger partial charge in [-0.05, 0) is 12.1 Å². The average Bonchev–Trinajstić information content (AvgIpc) is 2.05. The molecule has 0 heterocycles. The van der Waals surface area contributed by atoms with E-state index in [9.17, 15) is 9.59 Å². The van der Waals surface area contributed by atoms with Crippen LogP contribution in [0.25, 0.3) is 0 Å². The van der Waals surface area contributed by atoms with E-state index in [-0.39, 0.29) is 23.5 Å². The molecule has 0 spiro atoms. The summed E-state index contributed by atoms with van der Waals surface area (Å²) in [5, 5.41) is 9.09. The maximum absolute atomic E-state index is 10.4. The molecule has 1 N–H and O–H groups in total. The summed E-state index contributed by atoms with van der Waals surface area (Å²) in [6.07, 6.45) is 0.425. The number of phenolic OH excluding ortho intramolecular Hbond substituents is 1. The molecule has 62 valence electrons. The van der Waals surface area contributed by atoms with Crippen LogP contribution in [0.5, 0.6) is 11.5 Å². The lowest BCUT2D eigenvalue weighted by molar-refractivity contribution is -0.120. The first-order valence-corrected chi connectivity index (χ1v) is 3.17. The van der Waals surface area contributed by atoms with Gasteiger partial charge in [0.15, 0.2) is 6.29 Å². The maximum atomic E-state index is 10.4. The zero-order chi connectivity index (χ0) is 8.97. The second-order valence-electron chi connectivity index (χ2n) is 2.02. The molecule has 0 atom stereocenters. The van der Waals surface area contributed by atoms with E-state index in [1.54, 1.807) is 0 Å². The van der Waals surface area contributed by atoms with Crippen molar-refractivity contribution in [2.24, 2.45) is 0 Å². The summed E-state index contributed by atoms with van der Waals surface area (Å²) in [5.74, 6) is -0.149. The second kappa shape index (κ2) is 3.52. The summed E-state index contributed by atoms with van der Waals surface area (Å²) in [6, 6.07) is 4.22. The molecule has 0 saturated carbocycles. The van der Waals surface area contributed by atoms with Crippen LogP contribution in [0, 0.1) is 0 Å². The third-order valence-corrected chi connectivity index (χ3v) is 1.34. The van der Waals surface area contributed by atoms with Gasteiger partial charge in [-0.15, -0.1) is 0 Å². The van der Waals surface area contributed by atoms with Gasteiger partial charge in [0.05, 0.1) is 5.56 Å². The molecule has 1 aromatic carbocycles. The van der Waals surface area contributed by atoms with Crippen LogP contribution in [0.1, 0.15) is 10.4 Å². The number of benzene rings is 1. The van der Waals surface area contributed by atoms with Crippen molar-refractivity contribution in [3.05, 3.63) is 23.8 Å². The molecule has 12 heavy (non-hydrogen) atoms.